The number of fused-ring (bicyclic) bond motifs is 1. The van der Waals surface area contributed by atoms with Crippen molar-refractivity contribution in [2.24, 2.45) is 29.6 Å². The van der Waals surface area contributed by atoms with Crippen molar-refractivity contribution < 1.29 is 39.2 Å². The second kappa shape index (κ2) is 12.1. The topological polar surface area (TPSA) is 130 Å². The van der Waals surface area contributed by atoms with Crippen LogP contribution < -0.4 is 0 Å². The third-order valence-electron chi connectivity index (χ3n) is 7.42. The maximum atomic E-state index is 12.7. The number of carbonyl (C=O) groups is 3. The van der Waals surface area contributed by atoms with Gasteiger partial charge in [-0.1, -0.05) is 27.7 Å². The molecule has 2 rings (SSSR count). The molecule has 9 atom stereocenters. The SMILES string of the molecule is CCC(C)C(=O)O[C@H]1C[C@@H](C)[C@@H](O)C2=CC(=O)[C@H](C)[C@H](CCC(O)CC(O)CC(=O)OC)[C@H]21. The summed E-state index contributed by atoms with van der Waals surface area (Å²) in [6.07, 6.45) is 0.165. The van der Waals surface area contributed by atoms with Gasteiger partial charge in [-0.2, -0.15) is 0 Å². The van der Waals surface area contributed by atoms with Crippen molar-refractivity contribution in [3.63, 3.8) is 0 Å². The van der Waals surface area contributed by atoms with Gasteiger partial charge in [0, 0.05) is 11.8 Å². The molecule has 8 nitrogen and oxygen atoms in total. The minimum Gasteiger partial charge on any atom is -0.469 e. The molecule has 8 heteroatoms. The first kappa shape index (κ1) is 27.5. The maximum Gasteiger partial charge on any atom is 0.308 e. The van der Waals surface area contributed by atoms with E-state index in [1.54, 1.807) is 0 Å². The third kappa shape index (κ3) is 6.87. The molecule has 0 spiro atoms. The summed E-state index contributed by atoms with van der Waals surface area (Å²) >= 11 is 0. The van der Waals surface area contributed by atoms with Crippen LogP contribution in [0.15, 0.2) is 11.6 Å². The van der Waals surface area contributed by atoms with E-state index in [1.165, 1.54) is 13.2 Å². The lowest BCUT2D eigenvalue weighted by Gasteiger charge is -2.47. The Morgan fingerprint density at radius 1 is 1.21 bits per heavy atom. The van der Waals surface area contributed by atoms with Gasteiger partial charge >= 0.3 is 11.9 Å². The van der Waals surface area contributed by atoms with Crippen molar-refractivity contribution in [1.82, 2.24) is 0 Å². The first-order valence-electron chi connectivity index (χ1n) is 12.1. The van der Waals surface area contributed by atoms with Gasteiger partial charge in [-0.05, 0) is 55.6 Å². The molecule has 0 saturated heterocycles. The summed E-state index contributed by atoms with van der Waals surface area (Å²) in [6.45, 7) is 7.46. The van der Waals surface area contributed by atoms with Crippen LogP contribution >= 0.6 is 0 Å². The largest absolute Gasteiger partial charge is 0.469 e. The number of hydrogen-bond acceptors (Lipinski definition) is 8. The van der Waals surface area contributed by atoms with Gasteiger partial charge < -0.3 is 24.8 Å². The molecule has 0 radical (unpaired) electrons. The zero-order chi connectivity index (χ0) is 24.9. The number of ether oxygens (including phenoxy) is 2. The van der Waals surface area contributed by atoms with Crippen LogP contribution in [0.3, 0.4) is 0 Å². The summed E-state index contributed by atoms with van der Waals surface area (Å²) in [5.41, 5.74) is 0.615. The van der Waals surface area contributed by atoms with Crippen molar-refractivity contribution in [1.29, 1.82) is 0 Å². The number of aliphatic hydroxyl groups excluding tert-OH is 3. The number of aliphatic hydroxyl groups is 3. The lowest BCUT2D eigenvalue weighted by Crippen LogP contribution is -2.50. The van der Waals surface area contributed by atoms with Crippen LogP contribution in [-0.2, 0) is 23.9 Å². The molecule has 2 aliphatic rings. The molecule has 2 aliphatic carbocycles. The van der Waals surface area contributed by atoms with Gasteiger partial charge in [-0.15, -0.1) is 0 Å². The number of ketones is 1. The average Bonchev–Trinajstić information content (AvgIpc) is 2.76. The molecule has 0 aromatic carbocycles. The van der Waals surface area contributed by atoms with Crippen molar-refractivity contribution in [3.8, 4) is 0 Å². The fraction of sp³-hybridized carbons (Fsp3) is 0.800. The zero-order valence-electron chi connectivity index (χ0n) is 20.4. The molecule has 0 heterocycles. The van der Waals surface area contributed by atoms with Gasteiger partial charge in [-0.25, -0.2) is 0 Å². The number of allylic oxidation sites excluding steroid dienone is 1. The first-order chi connectivity index (χ1) is 15.5. The predicted octanol–water partition coefficient (Wildman–Crippen LogP) is 2.18. The predicted molar refractivity (Wildman–Crippen MR) is 121 cm³/mol. The molecule has 0 amide bonds. The molecule has 33 heavy (non-hydrogen) atoms. The Morgan fingerprint density at radius 2 is 1.88 bits per heavy atom. The Labute approximate surface area is 196 Å². The average molecular weight is 469 g/mol. The molecule has 1 fully saturated rings. The highest BCUT2D eigenvalue weighted by Gasteiger charge is 2.49. The molecular weight excluding hydrogens is 428 g/mol. The van der Waals surface area contributed by atoms with Crippen LogP contribution in [0.5, 0.6) is 0 Å². The number of hydrogen-bond donors (Lipinski definition) is 3. The van der Waals surface area contributed by atoms with Gasteiger partial charge in [0.2, 0.25) is 0 Å². The van der Waals surface area contributed by atoms with E-state index in [4.69, 9.17) is 4.74 Å². The minimum atomic E-state index is -1.02. The van der Waals surface area contributed by atoms with E-state index >= 15 is 0 Å². The molecule has 0 aromatic heterocycles. The Kier molecular flexibility index (Phi) is 10.1. The van der Waals surface area contributed by atoms with Crippen LogP contribution in [0.2, 0.25) is 0 Å². The van der Waals surface area contributed by atoms with Crippen LogP contribution in [0, 0.1) is 29.6 Å². The lowest BCUT2D eigenvalue weighted by atomic mass is 9.61. The van der Waals surface area contributed by atoms with E-state index in [-0.39, 0.29) is 54.2 Å². The summed E-state index contributed by atoms with van der Waals surface area (Å²) in [4.78, 5) is 36.6. The zero-order valence-corrected chi connectivity index (χ0v) is 20.4. The molecule has 0 aromatic rings. The maximum absolute atomic E-state index is 12.7. The van der Waals surface area contributed by atoms with Gasteiger partial charge in [0.1, 0.15) is 6.10 Å². The third-order valence-corrected chi connectivity index (χ3v) is 7.42. The van der Waals surface area contributed by atoms with E-state index in [0.717, 1.165) is 0 Å². The smallest absolute Gasteiger partial charge is 0.308 e. The molecule has 1 saturated carbocycles. The van der Waals surface area contributed by atoms with Crippen molar-refractivity contribution in [2.45, 2.75) is 90.6 Å². The fourth-order valence-corrected chi connectivity index (χ4v) is 5.06. The molecule has 0 aliphatic heterocycles. The number of methoxy groups -OCH3 is 1. The van der Waals surface area contributed by atoms with Gasteiger partial charge in [0.15, 0.2) is 5.78 Å². The summed E-state index contributed by atoms with van der Waals surface area (Å²) in [6, 6.07) is 0. The highest BCUT2D eigenvalue weighted by Crippen LogP contribution is 2.47. The number of carbonyl (C=O) groups excluding carboxylic acids is 3. The van der Waals surface area contributed by atoms with Crippen molar-refractivity contribution in [3.05, 3.63) is 11.6 Å². The summed E-state index contributed by atoms with van der Waals surface area (Å²) < 4.78 is 10.5. The second-order valence-corrected chi connectivity index (χ2v) is 9.87. The molecule has 188 valence electrons. The van der Waals surface area contributed by atoms with Crippen LogP contribution in [0.4, 0.5) is 0 Å². The van der Waals surface area contributed by atoms with Crippen LogP contribution in [0.1, 0.15) is 66.2 Å². The molecule has 3 unspecified atom stereocenters. The van der Waals surface area contributed by atoms with Gasteiger partial charge in [0.25, 0.3) is 0 Å². The van der Waals surface area contributed by atoms with Gasteiger partial charge in [-0.3, -0.25) is 14.4 Å². The van der Waals surface area contributed by atoms with E-state index in [2.05, 4.69) is 4.74 Å². The Morgan fingerprint density at radius 3 is 2.48 bits per heavy atom. The fourth-order valence-electron chi connectivity index (χ4n) is 5.06. The minimum absolute atomic E-state index is 0.0175. The Balaban J connectivity index is 2.17. The first-order valence-corrected chi connectivity index (χ1v) is 12.1. The van der Waals surface area contributed by atoms with E-state index in [1.807, 2.05) is 27.7 Å². The molecular formula is C25H40O8. The molecule has 0 bridgehead atoms. The highest BCUT2D eigenvalue weighted by molar-refractivity contribution is 5.93. The summed E-state index contributed by atoms with van der Waals surface area (Å²) in [5, 5.41) is 31.3. The van der Waals surface area contributed by atoms with Crippen LogP contribution in [0.25, 0.3) is 0 Å². The number of esters is 2. The molecule has 3 N–H and O–H groups in total. The van der Waals surface area contributed by atoms with E-state index < -0.39 is 30.4 Å². The van der Waals surface area contributed by atoms with E-state index in [0.29, 0.717) is 31.3 Å². The highest BCUT2D eigenvalue weighted by atomic mass is 16.5. The normalized spacial score (nSPS) is 32.2. The Hall–Kier alpha value is -1.77. The summed E-state index contributed by atoms with van der Waals surface area (Å²) in [7, 11) is 1.24. The summed E-state index contributed by atoms with van der Waals surface area (Å²) in [5.74, 6) is -2.16. The van der Waals surface area contributed by atoms with E-state index in [9.17, 15) is 29.7 Å². The number of rotatable bonds is 10. The second-order valence-electron chi connectivity index (χ2n) is 9.87. The Bertz CT molecular complexity index is 732. The van der Waals surface area contributed by atoms with Crippen molar-refractivity contribution in [2.75, 3.05) is 7.11 Å². The van der Waals surface area contributed by atoms with Gasteiger partial charge in [0.05, 0.1) is 37.8 Å². The van der Waals surface area contributed by atoms with Crippen LogP contribution in [-0.4, -0.2) is 64.6 Å². The van der Waals surface area contributed by atoms with Crippen molar-refractivity contribution >= 4 is 17.7 Å². The standard InChI is InChI=1S/C25H40O8/c1-6-13(2)25(31)33-21-9-14(3)24(30)19-12-20(28)15(4)18(23(19)21)8-7-16(26)10-17(27)11-22(29)32-5/h12-18,21,23-24,26-27,30H,6-11H2,1-5H3/t13?,14-,15-,16?,17?,18+,21+,23-,24-/m1/s1. The monoisotopic (exact) mass is 468 g/mol. The lowest BCUT2D eigenvalue weighted by molar-refractivity contribution is -0.162. The quantitative estimate of drug-likeness (QED) is 0.416.